The summed E-state index contributed by atoms with van der Waals surface area (Å²) in [5.41, 5.74) is 9.79. The zero-order chi connectivity index (χ0) is 43.2. The normalized spacial score (nSPS) is 19.6. The fourth-order valence-electron chi connectivity index (χ4n) is 9.97. The van der Waals surface area contributed by atoms with Crippen LogP contribution in [0.5, 0.6) is 0 Å². The number of fused-ring (bicyclic) bond motifs is 4. The SMILES string of the molecule is C#CCCN(Cc1nc2ccc(-c3ccc4c(c3)CCc3[nH]c(C5CCCN5C(=O)C(C=C5C=CC=CC5)N(CC)CC)nc3-4)cc2[nH]1)C(=O)C(C1C=CC=CC1)N(CC)CC. The number of terminal acetylenes is 1. The number of benzene rings is 2. The van der Waals surface area contributed by atoms with Crippen molar-refractivity contribution < 1.29 is 9.59 Å². The van der Waals surface area contributed by atoms with Crippen molar-refractivity contribution in [2.45, 2.75) is 97.3 Å². The van der Waals surface area contributed by atoms with Crippen molar-refractivity contribution in [1.29, 1.82) is 0 Å². The molecular formula is C52H62N8O2. The highest BCUT2D eigenvalue weighted by atomic mass is 16.2. The number of nitrogens with one attached hydrogen (secondary N) is 2. The number of aryl methyl sites for hydroxylation is 2. The summed E-state index contributed by atoms with van der Waals surface area (Å²) in [7, 11) is 0. The largest absolute Gasteiger partial charge is 0.344 e. The van der Waals surface area contributed by atoms with E-state index >= 15 is 0 Å². The summed E-state index contributed by atoms with van der Waals surface area (Å²) in [5.74, 6) is 4.75. The standard InChI is InChI=1S/C52H62N8O2/c1-6-11-30-59(52(62)49(58(9-4)10-5)37-21-16-13-17-22-37)35-47-53-42-28-25-39(34-44(42)54-47)38-24-27-41-40(33-38)26-29-43-48(41)56-50(55-43)45-23-18-31-60(45)51(61)46(57(7-2)8-3)32-36-19-14-12-15-20-36/h1,12-17,19,21,24-25,27-28,32-34,37,45-46,49H,7-11,18,20,22-23,26,29-31,35H2,2-5H3,(H,53,54)(H,55,56). The Balaban J connectivity index is 1.01. The molecule has 2 N–H and O–H groups in total. The number of carbonyl (C=O) groups is 2. The van der Waals surface area contributed by atoms with E-state index in [1.807, 2.05) is 4.90 Å². The highest BCUT2D eigenvalue weighted by Crippen LogP contribution is 2.39. The van der Waals surface area contributed by atoms with Gasteiger partial charge >= 0.3 is 0 Å². The number of hydrogen-bond acceptors (Lipinski definition) is 6. The number of likely N-dealkylation sites (tertiary alicyclic amines) is 1. The number of nitrogens with zero attached hydrogens (tertiary/aromatic N) is 6. The molecular weight excluding hydrogens is 769 g/mol. The van der Waals surface area contributed by atoms with Gasteiger partial charge in [0.05, 0.1) is 35.4 Å². The molecule has 1 aliphatic heterocycles. The second-order valence-electron chi connectivity index (χ2n) is 16.9. The van der Waals surface area contributed by atoms with Gasteiger partial charge in [0.25, 0.3) is 0 Å². The van der Waals surface area contributed by atoms with E-state index in [0.29, 0.717) is 19.5 Å². The van der Waals surface area contributed by atoms with Crippen LogP contribution in [0.3, 0.4) is 0 Å². The topological polar surface area (TPSA) is 104 Å². The predicted octanol–water partition coefficient (Wildman–Crippen LogP) is 8.73. The third-order valence-corrected chi connectivity index (χ3v) is 13.3. The average Bonchev–Trinajstić information content (AvgIpc) is 4.08. The Morgan fingerprint density at radius 2 is 1.73 bits per heavy atom. The van der Waals surface area contributed by atoms with Crippen molar-refractivity contribution in [3.63, 3.8) is 0 Å². The van der Waals surface area contributed by atoms with Crippen LogP contribution in [0, 0.1) is 18.3 Å². The summed E-state index contributed by atoms with van der Waals surface area (Å²) in [6, 6.07) is 12.4. The van der Waals surface area contributed by atoms with Gasteiger partial charge in [0, 0.05) is 36.7 Å². The summed E-state index contributed by atoms with van der Waals surface area (Å²) < 4.78 is 0. The number of likely N-dealkylation sites (N-methyl/N-ethyl adjacent to an activating group) is 2. The first-order valence-electron chi connectivity index (χ1n) is 22.9. The Hall–Kier alpha value is -5.76. The Morgan fingerprint density at radius 3 is 2.47 bits per heavy atom. The molecule has 10 nitrogen and oxygen atoms in total. The van der Waals surface area contributed by atoms with Crippen LogP contribution in [0.15, 0.2) is 96.7 Å². The van der Waals surface area contributed by atoms with E-state index in [1.165, 1.54) is 11.1 Å². The second-order valence-corrected chi connectivity index (χ2v) is 16.9. The molecule has 4 aliphatic rings. The van der Waals surface area contributed by atoms with Crippen molar-refractivity contribution in [2.75, 3.05) is 39.3 Å². The van der Waals surface area contributed by atoms with Crippen LogP contribution in [0.4, 0.5) is 0 Å². The van der Waals surface area contributed by atoms with Gasteiger partial charge in [-0.1, -0.05) is 107 Å². The van der Waals surface area contributed by atoms with Crippen molar-refractivity contribution in [1.82, 2.24) is 39.5 Å². The molecule has 10 heteroatoms. The molecule has 3 heterocycles. The van der Waals surface area contributed by atoms with Gasteiger partial charge in [0.2, 0.25) is 11.8 Å². The van der Waals surface area contributed by atoms with Gasteiger partial charge in [-0.3, -0.25) is 19.4 Å². The molecule has 0 spiro atoms. The number of hydrogen-bond donors (Lipinski definition) is 2. The van der Waals surface area contributed by atoms with E-state index in [-0.39, 0.29) is 35.9 Å². The lowest BCUT2D eigenvalue weighted by molar-refractivity contribution is -0.139. The van der Waals surface area contributed by atoms with Crippen LogP contribution < -0.4 is 0 Å². The molecule has 8 rings (SSSR count). The predicted molar refractivity (Wildman–Crippen MR) is 250 cm³/mol. The zero-order valence-electron chi connectivity index (χ0n) is 36.9. The van der Waals surface area contributed by atoms with E-state index in [2.05, 4.69) is 149 Å². The molecule has 4 atom stereocenters. The van der Waals surface area contributed by atoms with Gasteiger partial charge in [0.15, 0.2) is 0 Å². The van der Waals surface area contributed by atoms with E-state index in [4.69, 9.17) is 16.4 Å². The lowest BCUT2D eigenvalue weighted by Gasteiger charge is -2.37. The van der Waals surface area contributed by atoms with Gasteiger partial charge in [-0.05, 0) is 99.1 Å². The molecule has 2 aromatic carbocycles. The average molecular weight is 831 g/mol. The van der Waals surface area contributed by atoms with Crippen LogP contribution in [0.1, 0.15) is 88.7 Å². The third kappa shape index (κ3) is 8.93. The molecule has 2 aromatic heterocycles. The number of allylic oxidation sites excluding steroid dienone is 8. The van der Waals surface area contributed by atoms with Crippen molar-refractivity contribution in [3.05, 3.63) is 120 Å². The summed E-state index contributed by atoms with van der Waals surface area (Å²) in [4.78, 5) is 54.8. The van der Waals surface area contributed by atoms with Crippen LogP contribution in [-0.4, -0.2) is 103 Å². The van der Waals surface area contributed by atoms with E-state index in [1.54, 1.807) is 0 Å². The van der Waals surface area contributed by atoms with Gasteiger partial charge in [-0.2, -0.15) is 0 Å². The minimum absolute atomic E-state index is 0.0714. The lowest BCUT2D eigenvalue weighted by Crippen LogP contribution is -2.52. The first-order valence-corrected chi connectivity index (χ1v) is 22.9. The van der Waals surface area contributed by atoms with Gasteiger partial charge in [0.1, 0.15) is 17.7 Å². The molecule has 0 saturated carbocycles. The maximum absolute atomic E-state index is 14.4. The van der Waals surface area contributed by atoms with Crippen LogP contribution >= 0.6 is 0 Å². The highest BCUT2D eigenvalue weighted by molar-refractivity contribution is 5.86. The number of carbonyl (C=O) groups excluding carboxylic acids is 2. The second kappa shape index (κ2) is 19.5. The minimum atomic E-state index is -0.303. The highest BCUT2D eigenvalue weighted by Gasteiger charge is 2.38. The molecule has 4 unspecified atom stereocenters. The lowest BCUT2D eigenvalue weighted by atomic mass is 9.89. The molecule has 2 amide bonds. The van der Waals surface area contributed by atoms with Crippen molar-refractivity contribution in [2.24, 2.45) is 5.92 Å². The monoisotopic (exact) mass is 830 g/mol. The zero-order valence-corrected chi connectivity index (χ0v) is 36.9. The first-order chi connectivity index (χ1) is 30.3. The molecule has 4 aromatic rings. The Morgan fingerprint density at radius 1 is 0.935 bits per heavy atom. The fourth-order valence-corrected chi connectivity index (χ4v) is 9.97. The summed E-state index contributed by atoms with van der Waals surface area (Å²) in [6.45, 7) is 13.3. The summed E-state index contributed by atoms with van der Waals surface area (Å²) in [6.07, 6.45) is 30.5. The van der Waals surface area contributed by atoms with Crippen LogP contribution in [-0.2, 0) is 29.0 Å². The number of imidazole rings is 2. The van der Waals surface area contributed by atoms with Crippen molar-refractivity contribution >= 4 is 22.8 Å². The first kappa shape index (κ1) is 42.9. The third-order valence-electron chi connectivity index (χ3n) is 13.3. The van der Waals surface area contributed by atoms with Gasteiger partial charge < -0.3 is 19.8 Å². The number of H-pyrrole nitrogens is 2. The number of aromatic nitrogens is 4. The number of rotatable bonds is 16. The Labute approximate surface area is 367 Å². The number of aromatic amines is 2. The summed E-state index contributed by atoms with van der Waals surface area (Å²) >= 11 is 0. The van der Waals surface area contributed by atoms with E-state index < -0.39 is 0 Å². The van der Waals surface area contributed by atoms with Crippen LogP contribution in [0.2, 0.25) is 0 Å². The quantitative estimate of drug-likeness (QED) is 0.110. The Bertz CT molecular complexity index is 2450. The van der Waals surface area contributed by atoms with Gasteiger partial charge in [-0.25, -0.2) is 9.97 Å². The smallest absolute Gasteiger partial charge is 0.244 e. The molecule has 62 heavy (non-hydrogen) atoms. The minimum Gasteiger partial charge on any atom is -0.344 e. The fraction of sp³-hybridized carbons (Fsp3) is 0.423. The van der Waals surface area contributed by atoms with E-state index in [9.17, 15) is 9.59 Å². The van der Waals surface area contributed by atoms with Crippen LogP contribution in [0.25, 0.3) is 33.4 Å². The molecule has 0 radical (unpaired) electrons. The molecule has 3 aliphatic carbocycles. The molecule has 0 bridgehead atoms. The van der Waals surface area contributed by atoms with Gasteiger partial charge in [-0.15, -0.1) is 12.3 Å². The summed E-state index contributed by atoms with van der Waals surface area (Å²) in [5, 5.41) is 0. The number of amides is 2. The van der Waals surface area contributed by atoms with Crippen molar-refractivity contribution in [3.8, 4) is 34.7 Å². The Kier molecular flexibility index (Phi) is 13.5. The maximum atomic E-state index is 14.4. The van der Waals surface area contributed by atoms with E-state index in [0.717, 1.165) is 122 Å². The molecule has 1 saturated heterocycles. The maximum Gasteiger partial charge on any atom is 0.244 e. The molecule has 322 valence electrons. The molecule has 1 fully saturated rings.